The van der Waals surface area contributed by atoms with Gasteiger partial charge in [-0.1, -0.05) is 12.1 Å². The van der Waals surface area contributed by atoms with Crippen LogP contribution in [0.4, 0.5) is 20.2 Å². The van der Waals surface area contributed by atoms with Gasteiger partial charge in [-0.05, 0) is 37.3 Å². The van der Waals surface area contributed by atoms with E-state index < -0.39 is 17.5 Å². The van der Waals surface area contributed by atoms with E-state index in [-0.39, 0.29) is 21.4 Å². The van der Waals surface area contributed by atoms with Crippen LogP contribution in [0.2, 0.25) is 0 Å². The van der Waals surface area contributed by atoms with Crippen molar-refractivity contribution in [1.82, 2.24) is 4.98 Å². The Hall–Kier alpha value is -3.13. The van der Waals surface area contributed by atoms with Crippen LogP contribution in [0.3, 0.4) is 0 Å². The van der Waals surface area contributed by atoms with Crippen LogP contribution in [0, 0.1) is 18.6 Å². The molecule has 2 aromatic carbocycles. The second kappa shape index (κ2) is 7.63. The van der Waals surface area contributed by atoms with Crippen molar-refractivity contribution in [3.8, 4) is 10.6 Å². The number of nitrogens with zero attached hydrogens (tertiary/aromatic N) is 1. The Morgan fingerprint density at radius 3 is 2.22 bits per heavy atom. The molecule has 3 aromatic rings. The number of thiazole rings is 1. The Kier molecular flexibility index (Phi) is 5.27. The Morgan fingerprint density at radius 1 is 1.00 bits per heavy atom. The average molecular weight is 387 g/mol. The van der Waals surface area contributed by atoms with Gasteiger partial charge in [0.25, 0.3) is 5.91 Å². The van der Waals surface area contributed by atoms with Gasteiger partial charge in [0.05, 0.1) is 11.3 Å². The van der Waals surface area contributed by atoms with Gasteiger partial charge in [-0.2, -0.15) is 0 Å². The first kappa shape index (κ1) is 18.7. The quantitative estimate of drug-likeness (QED) is 0.687. The summed E-state index contributed by atoms with van der Waals surface area (Å²) in [7, 11) is 0. The number of aryl methyl sites for hydroxylation is 1. The Morgan fingerprint density at radius 2 is 1.59 bits per heavy atom. The monoisotopic (exact) mass is 387 g/mol. The number of hydrogen-bond acceptors (Lipinski definition) is 4. The predicted octanol–water partition coefficient (Wildman–Crippen LogP) is 4.61. The average Bonchev–Trinajstić information content (AvgIpc) is 2.96. The van der Waals surface area contributed by atoms with Crippen molar-refractivity contribution in [3.05, 3.63) is 64.7 Å². The van der Waals surface area contributed by atoms with E-state index >= 15 is 0 Å². The first-order valence-electron chi connectivity index (χ1n) is 7.96. The fourth-order valence-corrected chi connectivity index (χ4v) is 3.49. The maximum Gasteiger partial charge on any atom is 0.267 e. The van der Waals surface area contributed by atoms with Crippen LogP contribution in [0.5, 0.6) is 0 Å². The second-order valence-electron chi connectivity index (χ2n) is 5.75. The van der Waals surface area contributed by atoms with Crippen LogP contribution >= 0.6 is 11.3 Å². The van der Waals surface area contributed by atoms with E-state index in [1.807, 2.05) is 0 Å². The molecule has 0 atom stereocenters. The van der Waals surface area contributed by atoms with Crippen molar-refractivity contribution in [2.75, 3.05) is 10.6 Å². The molecule has 2 amide bonds. The SMILES string of the molecule is CC(=O)Nc1cccc(NC(=O)c2sc(-c3c(F)cccc3F)nc2C)c1. The van der Waals surface area contributed by atoms with Gasteiger partial charge in [0.2, 0.25) is 5.91 Å². The van der Waals surface area contributed by atoms with Crippen molar-refractivity contribution >= 4 is 34.5 Å². The summed E-state index contributed by atoms with van der Waals surface area (Å²) in [4.78, 5) is 28.1. The van der Waals surface area contributed by atoms with Gasteiger partial charge in [0.1, 0.15) is 21.5 Å². The minimum Gasteiger partial charge on any atom is -0.326 e. The molecule has 0 unspecified atom stereocenters. The van der Waals surface area contributed by atoms with E-state index in [1.54, 1.807) is 31.2 Å². The first-order chi connectivity index (χ1) is 12.8. The molecule has 0 radical (unpaired) electrons. The van der Waals surface area contributed by atoms with Crippen LogP contribution in [0.1, 0.15) is 22.3 Å². The maximum atomic E-state index is 14.0. The zero-order valence-corrected chi connectivity index (χ0v) is 15.3. The number of hydrogen-bond donors (Lipinski definition) is 2. The summed E-state index contributed by atoms with van der Waals surface area (Å²) in [5.74, 6) is -2.15. The van der Waals surface area contributed by atoms with Gasteiger partial charge in [-0.25, -0.2) is 13.8 Å². The van der Waals surface area contributed by atoms with Crippen LogP contribution in [0.25, 0.3) is 10.6 Å². The molecule has 27 heavy (non-hydrogen) atoms. The minimum atomic E-state index is -0.737. The van der Waals surface area contributed by atoms with Crippen LogP contribution in [-0.2, 0) is 4.79 Å². The van der Waals surface area contributed by atoms with Crippen molar-refractivity contribution in [2.45, 2.75) is 13.8 Å². The normalized spacial score (nSPS) is 10.5. The summed E-state index contributed by atoms with van der Waals surface area (Å²) in [6.45, 7) is 2.98. The third-order valence-electron chi connectivity index (χ3n) is 3.62. The molecule has 2 N–H and O–H groups in total. The number of benzene rings is 2. The summed E-state index contributed by atoms with van der Waals surface area (Å²) >= 11 is 0.910. The number of amides is 2. The van der Waals surface area contributed by atoms with Gasteiger partial charge in [-0.15, -0.1) is 11.3 Å². The molecule has 0 saturated heterocycles. The van der Waals surface area contributed by atoms with Crippen molar-refractivity contribution in [3.63, 3.8) is 0 Å². The van der Waals surface area contributed by atoms with Crippen molar-refractivity contribution < 1.29 is 18.4 Å². The molecule has 1 heterocycles. The fraction of sp³-hybridized carbons (Fsp3) is 0.105. The lowest BCUT2D eigenvalue weighted by molar-refractivity contribution is -0.114. The molecular weight excluding hydrogens is 372 g/mol. The molecule has 0 saturated carbocycles. The molecule has 0 aliphatic heterocycles. The molecule has 0 fully saturated rings. The third kappa shape index (κ3) is 4.17. The Bertz CT molecular complexity index is 1010. The summed E-state index contributed by atoms with van der Waals surface area (Å²) in [6, 6.07) is 10.2. The number of halogens is 2. The number of aromatic nitrogens is 1. The van der Waals surface area contributed by atoms with Crippen LogP contribution in [0.15, 0.2) is 42.5 Å². The number of anilines is 2. The lowest BCUT2D eigenvalue weighted by atomic mass is 10.2. The van der Waals surface area contributed by atoms with E-state index in [0.29, 0.717) is 17.1 Å². The van der Waals surface area contributed by atoms with Gasteiger partial charge < -0.3 is 10.6 Å². The van der Waals surface area contributed by atoms with Gasteiger partial charge >= 0.3 is 0 Å². The standard InChI is InChI=1S/C19H15F2N3O2S/c1-10-17(27-19(22-10)16-14(20)7-4-8-15(16)21)18(26)24-13-6-3-5-12(9-13)23-11(2)25/h3-9H,1-2H3,(H,23,25)(H,24,26). The molecule has 0 bridgehead atoms. The lowest BCUT2D eigenvalue weighted by Gasteiger charge is -2.07. The molecule has 5 nitrogen and oxygen atoms in total. The molecule has 0 aliphatic carbocycles. The molecule has 1 aromatic heterocycles. The Balaban J connectivity index is 1.86. The van der Waals surface area contributed by atoms with Crippen LogP contribution < -0.4 is 10.6 Å². The summed E-state index contributed by atoms with van der Waals surface area (Å²) in [5.41, 5.74) is 1.12. The number of carbonyl (C=O) groups is 2. The highest BCUT2D eigenvalue weighted by molar-refractivity contribution is 7.17. The zero-order valence-electron chi connectivity index (χ0n) is 14.5. The number of nitrogens with one attached hydrogen (secondary N) is 2. The lowest BCUT2D eigenvalue weighted by Crippen LogP contribution is -2.12. The van der Waals surface area contributed by atoms with Gasteiger partial charge in [0.15, 0.2) is 0 Å². The van der Waals surface area contributed by atoms with Gasteiger partial charge in [0, 0.05) is 18.3 Å². The molecule has 138 valence electrons. The number of carbonyl (C=O) groups excluding carboxylic acids is 2. The highest BCUT2D eigenvalue weighted by atomic mass is 32.1. The smallest absolute Gasteiger partial charge is 0.267 e. The Labute approximate surface area is 158 Å². The van der Waals surface area contributed by atoms with E-state index in [9.17, 15) is 18.4 Å². The summed E-state index contributed by atoms with van der Waals surface area (Å²) < 4.78 is 27.9. The molecule has 8 heteroatoms. The second-order valence-corrected chi connectivity index (χ2v) is 6.75. The van der Waals surface area contributed by atoms with E-state index in [4.69, 9.17) is 0 Å². The van der Waals surface area contributed by atoms with Gasteiger partial charge in [-0.3, -0.25) is 9.59 Å². The van der Waals surface area contributed by atoms with E-state index in [0.717, 1.165) is 23.5 Å². The minimum absolute atomic E-state index is 0.0975. The highest BCUT2D eigenvalue weighted by Gasteiger charge is 2.20. The molecule has 3 rings (SSSR count). The summed E-state index contributed by atoms with van der Waals surface area (Å²) in [6.07, 6.45) is 0. The van der Waals surface area contributed by atoms with Crippen molar-refractivity contribution in [2.24, 2.45) is 0 Å². The van der Waals surface area contributed by atoms with Crippen molar-refractivity contribution in [1.29, 1.82) is 0 Å². The van der Waals surface area contributed by atoms with E-state index in [1.165, 1.54) is 13.0 Å². The topological polar surface area (TPSA) is 71.1 Å². The van der Waals surface area contributed by atoms with Crippen LogP contribution in [-0.4, -0.2) is 16.8 Å². The maximum absolute atomic E-state index is 14.0. The largest absolute Gasteiger partial charge is 0.326 e. The number of rotatable bonds is 4. The molecular formula is C19H15F2N3O2S. The summed E-state index contributed by atoms with van der Waals surface area (Å²) in [5, 5.41) is 5.42. The van der Waals surface area contributed by atoms with E-state index in [2.05, 4.69) is 15.6 Å². The fourth-order valence-electron chi connectivity index (χ4n) is 2.48. The predicted molar refractivity (Wildman–Crippen MR) is 101 cm³/mol. The molecule has 0 aliphatic rings. The molecule has 0 spiro atoms. The first-order valence-corrected chi connectivity index (χ1v) is 8.77. The third-order valence-corrected chi connectivity index (χ3v) is 4.79. The zero-order chi connectivity index (χ0) is 19.6. The highest BCUT2D eigenvalue weighted by Crippen LogP contribution is 2.32.